The predicted octanol–water partition coefficient (Wildman–Crippen LogP) is 6.23. The molecule has 1 aliphatic rings. The number of carbonyl (C=O) groups excluding carboxylic acids is 2. The highest BCUT2D eigenvalue weighted by Gasteiger charge is 2.33. The summed E-state index contributed by atoms with van der Waals surface area (Å²) in [5.74, 6) is -0.695. The molecule has 0 atom stereocenters. The van der Waals surface area contributed by atoms with Crippen LogP contribution in [0.25, 0.3) is 0 Å². The van der Waals surface area contributed by atoms with E-state index in [4.69, 9.17) is 11.6 Å². The van der Waals surface area contributed by atoms with Gasteiger partial charge in [-0.1, -0.05) is 36.9 Å². The Bertz CT molecular complexity index is 970. The number of halogens is 4. The Morgan fingerprint density at radius 3 is 2.42 bits per heavy atom. The zero-order chi connectivity index (χ0) is 22.6. The fraction of sp³-hybridized carbons (Fsp3) is 0.391. The molecule has 2 aromatic rings. The second-order valence-corrected chi connectivity index (χ2v) is 8.27. The normalized spacial score (nSPS) is 14.9. The lowest BCUT2D eigenvalue weighted by Crippen LogP contribution is -2.31. The SMILES string of the molecule is Cc1c(C(=O)Nc2ccc(Cl)cc2C(=O)NCC2CCCCC2)cccc1C(F)(F)F. The first kappa shape index (κ1) is 23.1. The lowest BCUT2D eigenvalue weighted by molar-refractivity contribution is -0.138. The predicted molar refractivity (Wildman–Crippen MR) is 114 cm³/mol. The molecular formula is C23H24ClF3N2O2. The fourth-order valence-electron chi connectivity index (χ4n) is 3.92. The van der Waals surface area contributed by atoms with Crippen molar-refractivity contribution in [1.82, 2.24) is 5.32 Å². The van der Waals surface area contributed by atoms with Gasteiger partial charge in [-0.3, -0.25) is 9.59 Å². The number of carbonyl (C=O) groups is 2. The highest BCUT2D eigenvalue weighted by molar-refractivity contribution is 6.31. The molecule has 2 aromatic carbocycles. The topological polar surface area (TPSA) is 58.2 Å². The number of benzene rings is 2. The number of nitrogens with one attached hydrogen (secondary N) is 2. The Morgan fingerprint density at radius 1 is 1.03 bits per heavy atom. The molecule has 31 heavy (non-hydrogen) atoms. The maximum absolute atomic E-state index is 13.2. The number of amides is 2. The molecule has 0 radical (unpaired) electrons. The third kappa shape index (κ3) is 5.79. The van der Waals surface area contributed by atoms with Crippen molar-refractivity contribution in [3.8, 4) is 0 Å². The molecule has 3 rings (SSSR count). The minimum absolute atomic E-state index is 0.113. The number of hydrogen-bond acceptors (Lipinski definition) is 2. The van der Waals surface area contributed by atoms with Gasteiger partial charge in [-0.2, -0.15) is 13.2 Å². The zero-order valence-corrected chi connectivity index (χ0v) is 17.9. The first-order valence-electron chi connectivity index (χ1n) is 10.2. The first-order chi connectivity index (χ1) is 14.7. The summed E-state index contributed by atoms with van der Waals surface area (Å²) in [5.41, 5.74) is -0.807. The van der Waals surface area contributed by atoms with Gasteiger partial charge in [0.1, 0.15) is 0 Å². The third-order valence-corrected chi connectivity index (χ3v) is 5.87. The van der Waals surface area contributed by atoms with Crippen molar-refractivity contribution >= 4 is 29.1 Å². The van der Waals surface area contributed by atoms with E-state index in [1.807, 2.05) is 0 Å². The van der Waals surface area contributed by atoms with E-state index >= 15 is 0 Å². The molecule has 0 spiro atoms. The Kier molecular flexibility index (Phi) is 7.26. The van der Waals surface area contributed by atoms with Gasteiger partial charge in [0.25, 0.3) is 11.8 Å². The molecular weight excluding hydrogens is 429 g/mol. The van der Waals surface area contributed by atoms with Crippen molar-refractivity contribution in [2.24, 2.45) is 5.92 Å². The number of alkyl halides is 3. The third-order valence-electron chi connectivity index (χ3n) is 5.63. The van der Waals surface area contributed by atoms with E-state index in [1.165, 1.54) is 43.7 Å². The minimum Gasteiger partial charge on any atom is -0.352 e. The van der Waals surface area contributed by atoms with E-state index in [0.29, 0.717) is 17.5 Å². The number of hydrogen-bond donors (Lipinski definition) is 2. The molecule has 1 saturated carbocycles. The summed E-state index contributed by atoms with van der Waals surface area (Å²) in [6, 6.07) is 7.85. The summed E-state index contributed by atoms with van der Waals surface area (Å²) in [5, 5.41) is 5.77. The van der Waals surface area contributed by atoms with Crippen molar-refractivity contribution in [1.29, 1.82) is 0 Å². The molecule has 0 aromatic heterocycles. The largest absolute Gasteiger partial charge is 0.416 e. The molecule has 166 valence electrons. The van der Waals surface area contributed by atoms with E-state index in [9.17, 15) is 22.8 Å². The maximum atomic E-state index is 13.2. The van der Waals surface area contributed by atoms with Crippen LogP contribution in [0.15, 0.2) is 36.4 Å². The van der Waals surface area contributed by atoms with Crippen molar-refractivity contribution in [3.05, 3.63) is 63.7 Å². The zero-order valence-electron chi connectivity index (χ0n) is 17.1. The standard InChI is InChI=1S/C23H24ClF3N2O2/c1-14-17(8-5-9-19(14)23(25,26)27)22(31)29-20-11-10-16(24)12-18(20)21(30)28-13-15-6-3-2-4-7-15/h5,8-12,15H,2-4,6-7,13H2,1H3,(H,28,30)(H,29,31). The van der Waals surface area contributed by atoms with Crippen molar-refractivity contribution in [2.75, 3.05) is 11.9 Å². The van der Waals surface area contributed by atoms with E-state index < -0.39 is 17.6 Å². The lowest BCUT2D eigenvalue weighted by Gasteiger charge is -2.22. The van der Waals surface area contributed by atoms with Crippen LogP contribution in [0.4, 0.5) is 18.9 Å². The van der Waals surface area contributed by atoms with E-state index in [-0.39, 0.29) is 28.3 Å². The van der Waals surface area contributed by atoms with Gasteiger partial charge in [0.2, 0.25) is 0 Å². The summed E-state index contributed by atoms with van der Waals surface area (Å²) in [6.45, 7) is 1.78. The van der Waals surface area contributed by atoms with Gasteiger partial charge in [0.05, 0.1) is 16.8 Å². The van der Waals surface area contributed by atoms with Crippen molar-refractivity contribution in [2.45, 2.75) is 45.2 Å². The average molecular weight is 453 g/mol. The second kappa shape index (κ2) is 9.73. The first-order valence-corrected chi connectivity index (χ1v) is 10.6. The van der Waals surface area contributed by atoms with Crippen LogP contribution in [0.1, 0.15) is 63.9 Å². The molecule has 4 nitrogen and oxygen atoms in total. The van der Waals surface area contributed by atoms with Crippen LogP contribution < -0.4 is 10.6 Å². The van der Waals surface area contributed by atoms with E-state index in [1.54, 1.807) is 0 Å². The highest BCUT2D eigenvalue weighted by atomic mass is 35.5. The maximum Gasteiger partial charge on any atom is 0.416 e. The van der Waals surface area contributed by atoms with Gasteiger partial charge in [0.15, 0.2) is 0 Å². The van der Waals surface area contributed by atoms with Gasteiger partial charge in [-0.15, -0.1) is 0 Å². The van der Waals surface area contributed by atoms with Gasteiger partial charge in [-0.25, -0.2) is 0 Å². The van der Waals surface area contributed by atoms with Crippen LogP contribution in [-0.4, -0.2) is 18.4 Å². The quantitative estimate of drug-likeness (QED) is 0.565. The van der Waals surface area contributed by atoms with Crippen molar-refractivity contribution in [3.63, 3.8) is 0 Å². The van der Waals surface area contributed by atoms with Gasteiger partial charge >= 0.3 is 6.18 Å². The Morgan fingerprint density at radius 2 is 1.74 bits per heavy atom. The molecule has 1 fully saturated rings. The lowest BCUT2D eigenvalue weighted by atomic mass is 9.89. The van der Waals surface area contributed by atoms with E-state index in [0.717, 1.165) is 31.7 Å². The molecule has 0 unspecified atom stereocenters. The highest BCUT2D eigenvalue weighted by Crippen LogP contribution is 2.33. The Balaban J connectivity index is 1.79. The summed E-state index contributed by atoms with van der Waals surface area (Å²) in [7, 11) is 0. The summed E-state index contributed by atoms with van der Waals surface area (Å²) in [4.78, 5) is 25.5. The minimum atomic E-state index is -4.56. The van der Waals surface area contributed by atoms with Crippen LogP contribution in [0.2, 0.25) is 5.02 Å². The molecule has 8 heteroatoms. The van der Waals surface area contributed by atoms with Gasteiger partial charge in [0, 0.05) is 17.1 Å². The molecule has 2 N–H and O–H groups in total. The van der Waals surface area contributed by atoms with Gasteiger partial charge < -0.3 is 10.6 Å². The molecule has 0 bridgehead atoms. The summed E-state index contributed by atoms with van der Waals surface area (Å²) in [6.07, 6.45) is 1.07. The molecule has 1 aliphatic carbocycles. The Hall–Kier alpha value is -2.54. The smallest absolute Gasteiger partial charge is 0.352 e. The molecule has 2 amide bonds. The summed E-state index contributed by atoms with van der Waals surface area (Å²) >= 11 is 6.04. The Labute approximate surface area is 184 Å². The fourth-order valence-corrected chi connectivity index (χ4v) is 4.09. The van der Waals surface area contributed by atoms with Crippen molar-refractivity contribution < 1.29 is 22.8 Å². The molecule has 0 aliphatic heterocycles. The number of anilines is 1. The monoisotopic (exact) mass is 452 g/mol. The van der Waals surface area contributed by atoms with Crippen LogP contribution in [0, 0.1) is 12.8 Å². The molecule has 0 heterocycles. The van der Waals surface area contributed by atoms with Crippen LogP contribution >= 0.6 is 11.6 Å². The molecule has 0 saturated heterocycles. The van der Waals surface area contributed by atoms with E-state index in [2.05, 4.69) is 10.6 Å². The number of rotatable bonds is 5. The average Bonchev–Trinajstić information content (AvgIpc) is 2.73. The van der Waals surface area contributed by atoms with Crippen LogP contribution in [-0.2, 0) is 6.18 Å². The second-order valence-electron chi connectivity index (χ2n) is 7.83. The van der Waals surface area contributed by atoms with Gasteiger partial charge in [-0.05, 0) is 61.6 Å². The van der Waals surface area contributed by atoms with Crippen LogP contribution in [0.3, 0.4) is 0 Å². The van der Waals surface area contributed by atoms with Crippen LogP contribution in [0.5, 0.6) is 0 Å². The summed E-state index contributed by atoms with van der Waals surface area (Å²) < 4.78 is 39.5.